The van der Waals surface area contributed by atoms with Crippen LogP contribution >= 0.6 is 23.4 Å². The summed E-state index contributed by atoms with van der Waals surface area (Å²) in [6.45, 7) is 6.14. The molecule has 0 saturated carbocycles. The Hall–Kier alpha value is -3.56. The van der Waals surface area contributed by atoms with Crippen LogP contribution in [-0.2, 0) is 6.61 Å². The molecule has 4 rings (SSSR count). The number of hydrogen-bond acceptors (Lipinski definition) is 7. The van der Waals surface area contributed by atoms with Crippen molar-refractivity contribution in [2.45, 2.75) is 37.8 Å². The van der Waals surface area contributed by atoms with Crippen LogP contribution in [0, 0.1) is 24.0 Å². The van der Waals surface area contributed by atoms with E-state index in [-0.39, 0.29) is 18.1 Å². The van der Waals surface area contributed by atoms with E-state index in [1.807, 2.05) is 79.9 Å². The molecule has 1 atom stereocenters. The van der Waals surface area contributed by atoms with Crippen molar-refractivity contribution in [1.82, 2.24) is 14.8 Å². The summed E-state index contributed by atoms with van der Waals surface area (Å²) in [6.07, 6.45) is 0. The van der Waals surface area contributed by atoms with Gasteiger partial charge in [-0.1, -0.05) is 65.3 Å². The van der Waals surface area contributed by atoms with E-state index in [9.17, 15) is 10.1 Å². The van der Waals surface area contributed by atoms with Crippen molar-refractivity contribution in [3.63, 3.8) is 0 Å². The lowest BCUT2D eigenvalue weighted by Gasteiger charge is -2.17. The van der Waals surface area contributed by atoms with Crippen molar-refractivity contribution in [2.75, 3.05) is 13.2 Å². The van der Waals surface area contributed by atoms with Crippen LogP contribution in [0.15, 0.2) is 71.9 Å². The van der Waals surface area contributed by atoms with Gasteiger partial charge in [0.2, 0.25) is 6.54 Å². The number of benzene rings is 3. The van der Waals surface area contributed by atoms with Crippen LogP contribution < -0.4 is 9.47 Å². The maximum atomic E-state index is 11.6. The van der Waals surface area contributed by atoms with E-state index in [2.05, 4.69) is 10.2 Å². The first-order valence-corrected chi connectivity index (χ1v) is 13.0. The summed E-state index contributed by atoms with van der Waals surface area (Å²) >= 11 is 7.55. The Morgan fingerprint density at radius 2 is 1.78 bits per heavy atom. The largest absolute Gasteiger partial charge is 0.490 e. The number of thioether (sulfide) groups is 1. The molecule has 0 bridgehead atoms. The minimum Gasteiger partial charge on any atom is -0.490 e. The van der Waals surface area contributed by atoms with Gasteiger partial charge < -0.3 is 9.47 Å². The molecule has 4 aromatic rings. The third-order valence-corrected chi connectivity index (χ3v) is 7.18. The molecule has 0 aliphatic carbocycles. The standard InChI is InChI=1S/C27H27ClN4O4S/c1-4-35-25-15-20(11-14-24(25)36-17-21-7-5-6-8-23(21)28)26(16-31(33)34)37-27-30-29-19(3)32(27)22-12-9-18(2)10-13-22/h5-15,26H,4,16-17H2,1-3H3/t26-/m1/s1. The third-order valence-electron chi connectivity index (χ3n) is 5.63. The van der Waals surface area contributed by atoms with Crippen molar-refractivity contribution < 1.29 is 14.4 Å². The smallest absolute Gasteiger partial charge is 0.220 e. The number of rotatable bonds is 11. The number of halogens is 1. The molecular weight excluding hydrogens is 512 g/mol. The van der Waals surface area contributed by atoms with E-state index in [1.165, 1.54) is 11.8 Å². The number of aromatic nitrogens is 3. The molecule has 0 unspecified atom stereocenters. The molecule has 8 nitrogen and oxygen atoms in total. The normalized spacial score (nSPS) is 11.8. The lowest BCUT2D eigenvalue weighted by molar-refractivity contribution is -0.479. The van der Waals surface area contributed by atoms with Gasteiger partial charge in [-0.15, -0.1) is 10.2 Å². The van der Waals surface area contributed by atoms with Crippen LogP contribution in [-0.4, -0.2) is 32.8 Å². The quantitative estimate of drug-likeness (QED) is 0.120. The molecule has 37 heavy (non-hydrogen) atoms. The molecule has 0 fully saturated rings. The number of nitrogens with zero attached hydrogens (tertiary/aromatic N) is 4. The molecule has 0 radical (unpaired) electrons. The van der Waals surface area contributed by atoms with Crippen LogP contribution in [0.1, 0.15) is 34.7 Å². The third kappa shape index (κ3) is 6.61. The number of hydrogen-bond donors (Lipinski definition) is 0. The predicted octanol–water partition coefficient (Wildman–Crippen LogP) is 6.63. The van der Waals surface area contributed by atoms with E-state index in [0.717, 1.165) is 22.4 Å². The van der Waals surface area contributed by atoms with Gasteiger partial charge in [-0.3, -0.25) is 14.7 Å². The van der Waals surface area contributed by atoms with Crippen LogP contribution in [0.4, 0.5) is 0 Å². The van der Waals surface area contributed by atoms with E-state index in [1.54, 1.807) is 12.1 Å². The molecule has 0 aliphatic rings. The minimum absolute atomic E-state index is 0.269. The summed E-state index contributed by atoms with van der Waals surface area (Å²) < 4.78 is 13.7. The van der Waals surface area contributed by atoms with Gasteiger partial charge in [0.25, 0.3) is 0 Å². The fourth-order valence-electron chi connectivity index (χ4n) is 3.77. The molecule has 192 valence electrons. The number of ether oxygens (including phenoxy) is 2. The first-order valence-electron chi connectivity index (χ1n) is 11.8. The molecular formula is C27H27ClN4O4S. The highest BCUT2D eigenvalue weighted by Gasteiger charge is 2.25. The van der Waals surface area contributed by atoms with Gasteiger partial charge in [0.05, 0.1) is 6.61 Å². The Morgan fingerprint density at radius 1 is 1.03 bits per heavy atom. The fraction of sp³-hybridized carbons (Fsp3) is 0.259. The maximum absolute atomic E-state index is 11.6. The molecule has 0 amide bonds. The average molecular weight is 539 g/mol. The van der Waals surface area contributed by atoms with E-state index >= 15 is 0 Å². The van der Waals surface area contributed by atoms with Gasteiger partial charge in [0, 0.05) is 21.2 Å². The SMILES string of the molecule is CCOc1cc([C@@H](C[N+](=O)[O-])Sc2nnc(C)n2-c2ccc(C)cc2)ccc1OCc1ccccc1Cl. The molecule has 0 N–H and O–H groups in total. The van der Waals surface area contributed by atoms with Gasteiger partial charge in [-0.2, -0.15) is 0 Å². The molecule has 1 aromatic heterocycles. The first kappa shape index (κ1) is 26.5. The summed E-state index contributed by atoms with van der Waals surface area (Å²) in [5, 5.41) is 20.8. The second-order valence-electron chi connectivity index (χ2n) is 8.34. The lowest BCUT2D eigenvalue weighted by Crippen LogP contribution is -2.12. The number of nitro groups is 1. The zero-order chi connectivity index (χ0) is 26.4. The highest BCUT2D eigenvalue weighted by Crippen LogP contribution is 2.40. The zero-order valence-electron chi connectivity index (χ0n) is 20.8. The van der Waals surface area contributed by atoms with Gasteiger partial charge in [-0.05, 0) is 56.7 Å². The Bertz CT molecular complexity index is 1380. The van der Waals surface area contributed by atoms with Crippen LogP contribution in [0.5, 0.6) is 11.5 Å². The van der Waals surface area contributed by atoms with Crippen LogP contribution in [0.25, 0.3) is 5.69 Å². The summed E-state index contributed by atoms with van der Waals surface area (Å²) in [6, 6.07) is 20.8. The maximum Gasteiger partial charge on any atom is 0.220 e. The summed E-state index contributed by atoms with van der Waals surface area (Å²) in [5.41, 5.74) is 3.61. The van der Waals surface area contributed by atoms with E-state index in [4.69, 9.17) is 21.1 Å². The monoisotopic (exact) mass is 538 g/mol. The Kier molecular flexibility index (Phi) is 8.68. The van der Waals surface area contributed by atoms with Crippen molar-refractivity contribution in [1.29, 1.82) is 0 Å². The molecule has 10 heteroatoms. The molecule has 3 aromatic carbocycles. The Labute approximate surface area is 224 Å². The minimum atomic E-state index is -0.528. The zero-order valence-corrected chi connectivity index (χ0v) is 22.3. The topological polar surface area (TPSA) is 92.3 Å². The summed E-state index contributed by atoms with van der Waals surface area (Å²) in [7, 11) is 0. The van der Waals surface area contributed by atoms with Crippen molar-refractivity contribution in [3.05, 3.63) is 104 Å². The summed E-state index contributed by atoms with van der Waals surface area (Å²) in [5.74, 6) is 1.75. The van der Waals surface area contributed by atoms with Gasteiger partial charge in [-0.25, -0.2) is 0 Å². The van der Waals surface area contributed by atoms with Gasteiger partial charge >= 0.3 is 0 Å². The second kappa shape index (κ2) is 12.1. The van der Waals surface area contributed by atoms with E-state index < -0.39 is 5.25 Å². The Balaban J connectivity index is 1.63. The highest BCUT2D eigenvalue weighted by atomic mass is 35.5. The van der Waals surface area contributed by atoms with Gasteiger partial charge in [0.15, 0.2) is 16.7 Å². The van der Waals surface area contributed by atoms with Crippen molar-refractivity contribution in [3.8, 4) is 17.2 Å². The molecule has 0 spiro atoms. The number of aryl methyl sites for hydroxylation is 2. The molecule has 0 saturated heterocycles. The van der Waals surface area contributed by atoms with Crippen molar-refractivity contribution in [2.24, 2.45) is 0 Å². The molecule has 1 heterocycles. The van der Waals surface area contributed by atoms with Crippen molar-refractivity contribution >= 4 is 23.4 Å². The fourth-order valence-corrected chi connectivity index (χ4v) is 5.12. The van der Waals surface area contributed by atoms with Gasteiger partial charge in [0.1, 0.15) is 17.7 Å². The summed E-state index contributed by atoms with van der Waals surface area (Å²) in [4.78, 5) is 11.3. The molecule has 0 aliphatic heterocycles. The van der Waals surface area contributed by atoms with Crippen LogP contribution in [0.2, 0.25) is 5.02 Å². The first-order chi connectivity index (χ1) is 17.9. The highest BCUT2D eigenvalue weighted by molar-refractivity contribution is 7.99. The average Bonchev–Trinajstić information content (AvgIpc) is 3.24. The second-order valence-corrected chi connectivity index (χ2v) is 9.92. The lowest BCUT2D eigenvalue weighted by atomic mass is 10.1. The van der Waals surface area contributed by atoms with E-state index in [0.29, 0.717) is 34.1 Å². The predicted molar refractivity (Wildman–Crippen MR) is 145 cm³/mol. The van der Waals surface area contributed by atoms with Crippen LogP contribution in [0.3, 0.4) is 0 Å². The Morgan fingerprint density at radius 3 is 2.49 bits per heavy atom.